The molecule has 5 nitrogen and oxygen atoms in total. The molecule has 1 rings (SSSR count). The third-order valence-corrected chi connectivity index (χ3v) is 3.30. The third kappa shape index (κ3) is 5.44. The molecule has 0 saturated heterocycles. The maximum absolute atomic E-state index is 13.2. The van der Waals surface area contributed by atoms with Gasteiger partial charge in [0.05, 0.1) is 31.3 Å². The Morgan fingerprint density at radius 1 is 1.22 bits per heavy atom. The van der Waals surface area contributed by atoms with Gasteiger partial charge in [0.1, 0.15) is 5.82 Å². The van der Waals surface area contributed by atoms with Gasteiger partial charge in [-0.25, -0.2) is 12.8 Å². The standard InChI is InChI=1S/C11H16FNO4S/c1-16-6-7-17-8-9-18(14,15)13-11-5-3-2-4-10(11)12/h2-5,13H,6-9H2,1H3. The predicted molar refractivity (Wildman–Crippen MR) is 66.5 cm³/mol. The van der Waals surface area contributed by atoms with Gasteiger partial charge in [0.25, 0.3) is 0 Å². The summed E-state index contributed by atoms with van der Waals surface area (Å²) in [6, 6.07) is 5.59. The van der Waals surface area contributed by atoms with Crippen molar-refractivity contribution in [3.8, 4) is 0 Å². The van der Waals surface area contributed by atoms with Crippen LogP contribution < -0.4 is 4.72 Å². The summed E-state index contributed by atoms with van der Waals surface area (Å²) >= 11 is 0. The van der Waals surface area contributed by atoms with Crippen LogP contribution in [0.15, 0.2) is 24.3 Å². The van der Waals surface area contributed by atoms with E-state index in [1.165, 1.54) is 25.3 Å². The van der Waals surface area contributed by atoms with Crippen molar-refractivity contribution in [1.82, 2.24) is 0 Å². The van der Waals surface area contributed by atoms with E-state index in [-0.39, 0.29) is 18.0 Å². The van der Waals surface area contributed by atoms with Crippen molar-refractivity contribution in [2.45, 2.75) is 0 Å². The van der Waals surface area contributed by atoms with Crippen LogP contribution in [0.1, 0.15) is 0 Å². The van der Waals surface area contributed by atoms with Crippen molar-refractivity contribution in [3.05, 3.63) is 30.1 Å². The second kappa shape index (κ2) is 7.30. The van der Waals surface area contributed by atoms with Crippen molar-refractivity contribution in [2.24, 2.45) is 0 Å². The molecule has 0 amide bonds. The molecule has 0 aliphatic carbocycles. The Labute approximate surface area is 106 Å². The SMILES string of the molecule is COCCOCCS(=O)(=O)Nc1ccccc1F. The first-order valence-electron chi connectivity index (χ1n) is 5.37. The average Bonchev–Trinajstić information content (AvgIpc) is 2.31. The maximum Gasteiger partial charge on any atom is 0.235 e. The summed E-state index contributed by atoms with van der Waals surface area (Å²) in [4.78, 5) is 0. The van der Waals surface area contributed by atoms with Gasteiger partial charge in [-0.05, 0) is 12.1 Å². The summed E-state index contributed by atoms with van der Waals surface area (Å²) in [5.74, 6) is -0.841. The number of benzene rings is 1. The highest BCUT2D eigenvalue weighted by Crippen LogP contribution is 2.14. The lowest BCUT2D eigenvalue weighted by atomic mass is 10.3. The quantitative estimate of drug-likeness (QED) is 0.726. The Kier molecular flexibility index (Phi) is 6.03. The van der Waals surface area contributed by atoms with E-state index in [1.807, 2.05) is 0 Å². The summed E-state index contributed by atoms with van der Waals surface area (Å²) in [5.41, 5.74) is -0.0607. The number of nitrogens with one attached hydrogen (secondary N) is 1. The van der Waals surface area contributed by atoms with Gasteiger partial charge in [0, 0.05) is 7.11 Å². The molecule has 0 fully saturated rings. The van der Waals surface area contributed by atoms with E-state index >= 15 is 0 Å². The molecule has 18 heavy (non-hydrogen) atoms. The summed E-state index contributed by atoms with van der Waals surface area (Å²) in [6.07, 6.45) is 0. The first-order chi connectivity index (χ1) is 8.55. The molecule has 0 aliphatic heterocycles. The normalized spacial score (nSPS) is 11.4. The smallest absolute Gasteiger partial charge is 0.235 e. The molecule has 1 aromatic rings. The van der Waals surface area contributed by atoms with Gasteiger partial charge in [-0.15, -0.1) is 0 Å². The lowest BCUT2D eigenvalue weighted by molar-refractivity contribution is 0.0785. The average molecular weight is 277 g/mol. The molecule has 0 saturated carbocycles. The second-order valence-corrected chi connectivity index (χ2v) is 5.35. The maximum atomic E-state index is 13.2. The topological polar surface area (TPSA) is 64.6 Å². The number of rotatable bonds is 8. The summed E-state index contributed by atoms with van der Waals surface area (Å²) in [7, 11) is -2.07. The second-order valence-electron chi connectivity index (χ2n) is 3.51. The van der Waals surface area contributed by atoms with Crippen LogP contribution in [0.4, 0.5) is 10.1 Å². The lowest BCUT2D eigenvalue weighted by Crippen LogP contribution is -2.21. The number of halogens is 1. The van der Waals surface area contributed by atoms with Crippen LogP contribution in [0, 0.1) is 5.82 Å². The molecule has 0 heterocycles. The molecule has 0 unspecified atom stereocenters. The van der Waals surface area contributed by atoms with Gasteiger partial charge in [0.15, 0.2) is 0 Å². The molecule has 0 radical (unpaired) electrons. The Hall–Kier alpha value is -1.18. The molecule has 0 bridgehead atoms. The summed E-state index contributed by atoms with van der Waals surface area (Å²) in [5, 5.41) is 0. The number of methoxy groups -OCH3 is 1. The van der Waals surface area contributed by atoms with E-state index in [0.717, 1.165) is 0 Å². The number of hydrogen-bond donors (Lipinski definition) is 1. The molecular formula is C11H16FNO4S. The fourth-order valence-electron chi connectivity index (χ4n) is 1.18. The monoisotopic (exact) mass is 277 g/mol. The lowest BCUT2D eigenvalue weighted by Gasteiger charge is -2.09. The Morgan fingerprint density at radius 2 is 1.94 bits per heavy atom. The van der Waals surface area contributed by atoms with Crippen LogP contribution in [0.3, 0.4) is 0 Å². The minimum Gasteiger partial charge on any atom is -0.382 e. The van der Waals surface area contributed by atoms with E-state index in [2.05, 4.69) is 4.72 Å². The largest absolute Gasteiger partial charge is 0.382 e. The molecule has 0 spiro atoms. The van der Waals surface area contributed by atoms with Crippen LogP contribution in [-0.4, -0.2) is 41.1 Å². The molecule has 1 N–H and O–H groups in total. The van der Waals surface area contributed by atoms with Crippen molar-refractivity contribution in [3.63, 3.8) is 0 Å². The Balaban J connectivity index is 2.43. The predicted octanol–water partition coefficient (Wildman–Crippen LogP) is 1.23. The van der Waals surface area contributed by atoms with Gasteiger partial charge >= 0.3 is 0 Å². The van der Waals surface area contributed by atoms with Gasteiger partial charge < -0.3 is 9.47 Å². The zero-order valence-corrected chi connectivity index (χ0v) is 10.9. The van der Waals surface area contributed by atoms with Crippen LogP contribution in [0.5, 0.6) is 0 Å². The number of hydrogen-bond acceptors (Lipinski definition) is 4. The molecule has 1 aromatic carbocycles. The van der Waals surface area contributed by atoms with Crippen LogP contribution in [0.2, 0.25) is 0 Å². The van der Waals surface area contributed by atoms with E-state index in [0.29, 0.717) is 13.2 Å². The molecule has 7 heteroatoms. The molecular weight excluding hydrogens is 261 g/mol. The number of ether oxygens (including phenoxy) is 2. The van der Waals surface area contributed by atoms with Gasteiger partial charge in [-0.1, -0.05) is 12.1 Å². The zero-order valence-electron chi connectivity index (χ0n) is 10.1. The number of anilines is 1. The summed E-state index contributed by atoms with van der Waals surface area (Å²) < 4.78 is 48.4. The molecule has 0 atom stereocenters. The number of sulfonamides is 1. The van der Waals surface area contributed by atoms with Crippen molar-refractivity contribution in [1.29, 1.82) is 0 Å². The third-order valence-electron chi connectivity index (χ3n) is 2.07. The summed E-state index contributed by atoms with van der Waals surface area (Å²) in [6.45, 7) is 0.764. The van der Waals surface area contributed by atoms with E-state index in [9.17, 15) is 12.8 Å². The van der Waals surface area contributed by atoms with E-state index < -0.39 is 15.8 Å². The van der Waals surface area contributed by atoms with Crippen LogP contribution in [-0.2, 0) is 19.5 Å². The fourth-order valence-corrected chi connectivity index (χ4v) is 2.12. The number of para-hydroxylation sites is 1. The minimum atomic E-state index is -3.60. The molecule has 0 aromatic heterocycles. The highest BCUT2D eigenvalue weighted by molar-refractivity contribution is 7.92. The van der Waals surface area contributed by atoms with Crippen LogP contribution in [0.25, 0.3) is 0 Å². The Morgan fingerprint density at radius 3 is 2.61 bits per heavy atom. The van der Waals surface area contributed by atoms with Crippen molar-refractivity contribution < 1.29 is 22.3 Å². The zero-order chi connectivity index (χ0) is 13.4. The highest BCUT2D eigenvalue weighted by atomic mass is 32.2. The van der Waals surface area contributed by atoms with Gasteiger partial charge in [-0.3, -0.25) is 4.72 Å². The van der Waals surface area contributed by atoms with Gasteiger partial charge in [-0.2, -0.15) is 0 Å². The molecule has 102 valence electrons. The minimum absolute atomic E-state index is 0.0349. The molecule has 0 aliphatic rings. The van der Waals surface area contributed by atoms with E-state index in [1.54, 1.807) is 6.07 Å². The first kappa shape index (κ1) is 14.9. The van der Waals surface area contributed by atoms with Crippen molar-refractivity contribution in [2.75, 3.05) is 37.4 Å². The fraction of sp³-hybridized carbons (Fsp3) is 0.455. The van der Waals surface area contributed by atoms with Gasteiger partial charge in [0.2, 0.25) is 10.0 Å². The van der Waals surface area contributed by atoms with Crippen LogP contribution >= 0.6 is 0 Å². The van der Waals surface area contributed by atoms with Crippen molar-refractivity contribution >= 4 is 15.7 Å². The Bertz CT molecular complexity index is 464. The highest BCUT2D eigenvalue weighted by Gasteiger charge is 2.12. The van der Waals surface area contributed by atoms with E-state index in [4.69, 9.17) is 9.47 Å². The first-order valence-corrected chi connectivity index (χ1v) is 7.02.